The van der Waals surface area contributed by atoms with Crippen molar-refractivity contribution in [2.24, 2.45) is 0 Å². The average Bonchev–Trinajstić information content (AvgIpc) is 2.48. The highest BCUT2D eigenvalue weighted by molar-refractivity contribution is 6.72. The van der Waals surface area contributed by atoms with Crippen LogP contribution in [0.1, 0.15) is 6.42 Å². The fourth-order valence-electron chi connectivity index (χ4n) is 1.44. The third kappa shape index (κ3) is 5.19. The molecule has 0 aliphatic heterocycles. The minimum atomic E-state index is -5.67. The van der Waals surface area contributed by atoms with Gasteiger partial charge in [-0.15, -0.1) is 0 Å². The first-order valence-corrected chi connectivity index (χ1v) is 9.44. The summed E-state index contributed by atoms with van der Waals surface area (Å²) in [4.78, 5) is 0. The normalized spacial score (nSPS) is 14.5. The van der Waals surface area contributed by atoms with Gasteiger partial charge in [0, 0.05) is 48.0 Å². The molecular formula is C9H19F5O6Si2. The topological polar surface area (TPSA) is 55.4 Å². The zero-order valence-corrected chi connectivity index (χ0v) is 14.8. The Hall–Kier alpha value is -0.156. The van der Waals surface area contributed by atoms with Gasteiger partial charge in [-0.1, -0.05) is 0 Å². The molecule has 0 aromatic rings. The Bertz CT molecular complexity index is 327. The number of halogens is 5. The molecule has 6 nitrogen and oxygen atoms in total. The molecule has 134 valence electrons. The highest BCUT2D eigenvalue weighted by Gasteiger charge is 2.61. The molecular weight excluding hydrogens is 355 g/mol. The van der Waals surface area contributed by atoms with Crippen molar-refractivity contribution >= 4 is 17.9 Å². The van der Waals surface area contributed by atoms with Crippen LogP contribution in [0.2, 0.25) is 6.04 Å². The number of alkyl halides is 5. The van der Waals surface area contributed by atoms with Crippen LogP contribution in [0.4, 0.5) is 22.0 Å². The molecule has 0 aliphatic rings. The summed E-state index contributed by atoms with van der Waals surface area (Å²) in [7, 11) is -2.01. The fraction of sp³-hybridized carbons (Fsp3) is 1.00. The summed E-state index contributed by atoms with van der Waals surface area (Å²) in [6.07, 6.45) is -7.24. The summed E-state index contributed by atoms with van der Waals surface area (Å²) >= 11 is 0. The van der Waals surface area contributed by atoms with E-state index in [0.29, 0.717) is 0 Å². The van der Waals surface area contributed by atoms with E-state index in [0.717, 1.165) is 14.2 Å². The molecule has 0 amide bonds. The SMILES string of the molecule is CO[Si](CCC(F)(F)C(F)(F)F)(OC)O[Si](OC)(OC)OC. The van der Waals surface area contributed by atoms with Crippen molar-refractivity contribution < 1.29 is 48.2 Å². The lowest BCUT2D eigenvalue weighted by Gasteiger charge is -2.34. The van der Waals surface area contributed by atoms with Gasteiger partial charge in [0.05, 0.1) is 0 Å². The van der Waals surface area contributed by atoms with Gasteiger partial charge >= 0.3 is 30.0 Å². The standard InChI is InChI=1S/C9H19F5O6Si2/c1-15-21(16-2,20-22(17-3,18-4)19-5)7-6-8(10,11)9(12,13)14/h6-7H2,1-5H3. The molecule has 0 atom stereocenters. The van der Waals surface area contributed by atoms with E-state index in [1.807, 2.05) is 0 Å². The zero-order valence-electron chi connectivity index (χ0n) is 12.8. The third-order valence-corrected chi connectivity index (χ3v) is 8.66. The second kappa shape index (κ2) is 8.09. The molecule has 0 fully saturated rings. The van der Waals surface area contributed by atoms with Crippen LogP contribution in [0.15, 0.2) is 0 Å². The predicted molar refractivity (Wildman–Crippen MR) is 68.1 cm³/mol. The smallest absolute Gasteiger partial charge is 0.377 e. The van der Waals surface area contributed by atoms with Crippen LogP contribution < -0.4 is 0 Å². The lowest BCUT2D eigenvalue weighted by Crippen LogP contribution is -2.59. The first kappa shape index (κ1) is 21.8. The number of hydrogen-bond donors (Lipinski definition) is 0. The third-order valence-electron chi connectivity index (χ3n) is 2.81. The van der Waals surface area contributed by atoms with Gasteiger partial charge in [0.2, 0.25) is 0 Å². The summed E-state index contributed by atoms with van der Waals surface area (Å²) in [5.41, 5.74) is 0. The Morgan fingerprint density at radius 3 is 1.41 bits per heavy atom. The number of hydrogen-bond acceptors (Lipinski definition) is 6. The molecule has 0 heterocycles. The quantitative estimate of drug-likeness (QED) is 0.432. The van der Waals surface area contributed by atoms with Gasteiger partial charge in [-0.3, -0.25) is 0 Å². The molecule has 0 aromatic carbocycles. The highest BCUT2D eigenvalue weighted by atomic mass is 28.5. The van der Waals surface area contributed by atoms with Crippen LogP contribution in [-0.2, 0) is 26.2 Å². The van der Waals surface area contributed by atoms with Gasteiger partial charge in [0.25, 0.3) is 0 Å². The molecule has 0 unspecified atom stereocenters. The maximum absolute atomic E-state index is 13.1. The predicted octanol–water partition coefficient (Wildman–Crippen LogP) is 2.20. The Balaban J connectivity index is 5.20. The van der Waals surface area contributed by atoms with Gasteiger partial charge in [-0.05, 0) is 0 Å². The second-order valence-electron chi connectivity index (χ2n) is 4.01. The van der Waals surface area contributed by atoms with E-state index < -0.39 is 42.4 Å². The summed E-state index contributed by atoms with van der Waals surface area (Å²) in [6.45, 7) is 0. The van der Waals surface area contributed by atoms with Crippen LogP contribution in [0.5, 0.6) is 0 Å². The lowest BCUT2D eigenvalue weighted by molar-refractivity contribution is -0.283. The lowest BCUT2D eigenvalue weighted by atomic mass is 10.2. The van der Waals surface area contributed by atoms with E-state index in [2.05, 4.69) is 0 Å². The summed E-state index contributed by atoms with van der Waals surface area (Å²) in [5.74, 6) is -4.90. The number of rotatable bonds is 10. The first-order chi connectivity index (χ1) is 9.97. The molecule has 0 saturated carbocycles. The minimum Gasteiger partial charge on any atom is -0.377 e. The first-order valence-electron chi connectivity index (χ1n) is 5.87. The van der Waals surface area contributed by atoms with Gasteiger partial charge in [-0.2, -0.15) is 22.0 Å². The van der Waals surface area contributed by atoms with Crippen LogP contribution in [0.25, 0.3) is 0 Å². The Morgan fingerprint density at radius 1 is 0.727 bits per heavy atom. The van der Waals surface area contributed by atoms with Crippen molar-refractivity contribution in [3.05, 3.63) is 0 Å². The van der Waals surface area contributed by atoms with Crippen molar-refractivity contribution in [3.63, 3.8) is 0 Å². The maximum Gasteiger partial charge on any atom is 0.671 e. The van der Waals surface area contributed by atoms with E-state index in [-0.39, 0.29) is 0 Å². The molecule has 0 aliphatic carbocycles. The van der Waals surface area contributed by atoms with Gasteiger partial charge in [0.1, 0.15) is 0 Å². The molecule has 22 heavy (non-hydrogen) atoms. The van der Waals surface area contributed by atoms with E-state index in [4.69, 9.17) is 26.2 Å². The highest BCUT2D eigenvalue weighted by Crippen LogP contribution is 2.40. The van der Waals surface area contributed by atoms with Crippen molar-refractivity contribution in [1.29, 1.82) is 0 Å². The molecule has 0 bridgehead atoms. The van der Waals surface area contributed by atoms with E-state index in [1.54, 1.807) is 0 Å². The Kier molecular flexibility index (Phi) is 8.04. The van der Waals surface area contributed by atoms with Crippen LogP contribution in [0.3, 0.4) is 0 Å². The summed E-state index contributed by atoms with van der Waals surface area (Å²) in [5, 5.41) is 0. The van der Waals surface area contributed by atoms with Crippen LogP contribution >= 0.6 is 0 Å². The van der Waals surface area contributed by atoms with Crippen molar-refractivity contribution in [2.75, 3.05) is 35.5 Å². The molecule has 0 N–H and O–H groups in total. The van der Waals surface area contributed by atoms with E-state index in [9.17, 15) is 22.0 Å². The van der Waals surface area contributed by atoms with Crippen LogP contribution in [-0.4, -0.2) is 65.5 Å². The summed E-state index contributed by atoms with van der Waals surface area (Å²) in [6, 6.07) is -0.808. The largest absolute Gasteiger partial charge is 0.671 e. The Labute approximate surface area is 127 Å². The van der Waals surface area contributed by atoms with Crippen LogP contribution in [0, 0.1) is 0 Å². The molecule has 0 rings (SSSR count). The second-order valence-corrected chi connectivity index (χ2v) is 9.73. The van der Waals surface area contributed by atoms with Crippen molar-refractivity contribution in [2.45, 2.75) is 24.6 Å². The monoisotopic (exact) mass is 374 g/mol. The average molecular weight is 374 g/mol. The van der Waals surface area contributed by atoms with E-state index in [1.165, 1.54) is 21.3 Å². The molecule has 0 radical (unpaired) electrons. The zero-order chi connectivity index (χ0) is 17.7. The molecule has 0 aromatic heterocycles. The van der Waals surface area contributed by atoms with Gasteiger partial charge < -0.3 is 26.2 Å². The Morgan fingerprint density at radius 2 is 1.14 bits per heavy atom. The van der Waals surface area contributed by atoms with Crippen molar-refractivity contribution in [1.82, 2.24) is 0 Å². The van der Waals surface area contributed by atoms with E-state index >= 15 is 0 Å². The molecule has 0 spiro atoms. The summed E-state index contributed by atoms with van der Waals surface area (Å²) < 4.78 is 92.8. The maximum atomic E-state index is 13.1. The van der Waals surface area contributed by atoms with Gasteiger partial charge in [-0.25, -0.2) is 0 Å². The van der Waals surface area contributed by atoms with Crippen molar-refractivity contribution in [3.8, 4) is 0 Å². The molecule has 0 saturated heterocycles. The fourth-order valence-corrected chi connectivity index (χ4v) is 6.73. The van der Waals surface area contributed by atoms with Gasteiger partial charge in [0.15, 0.2) is 0 Å². The molecule has 13 heteroatoms. The minimum absolute atomic E-state index is 0.808.